The molecule has 2 N–H and O–H groups in total. The van der Waals surface area contributed by atoms with E-state index in [1.807, 2.05) is 0 Å². The molecule has 0 saturated carbocycles. The van der Waals surface area contributed by atoms with Crippen LogP contribution in [0.25, 0.3) is 0 Å². The highest BCUT2D eigenvalue weighted by Crippen LogP contribution is 2.00. The van der Waals surface area contributed by atoms with E-state index in [0.717, 1.165) is 26.1 Å². The summed E-state index contributed by atoms with van der Waals surface area (Å²) in [4.78, 5) is 13.8. The van der Waals surface area contributed by atoms with Crippen LogP contribution in [0.2, 0.25) is 0 Å². The van der Waals surface area contributed by atoms with Gasteiger partial charge in [-0.2, -0.15) is 0 Å². The third-order valence-electron chi connectivity index (χ3n) is 2.74. The van der Waals surface area contributed by atoms with Crippen LogP contribution >= 0.6 is 0 Å². The van der Waals surface area contributed by atoms with Gasteiger partial charge in [-0.05, 0) is 13.5 Å². The van der Waals surface area contributed by atoms with E-state index >= 15 is 0 Å². The first-order chi connectivity index (χ1) is 7.72. The third-order valence-corrected chi connectivity index (χ3v) is 2.74. The van der Waals surface area contributed by atoms with Crippen molar-refractivity contribution in [2.75, 3.05) is 46.9 Å². The molecule has 0 aromatic heterocycles. The van der Waals surface area contributed by atoms with Gasteiger partial charge in [-0.15, -0.1) is 0 Å². The van der Waals surface area contributed by atoms with Gasteiger partial charge >= 0.3 is 0 Å². The highest BCUT2D eigenvalue weighted by molar-refractivity contribution is 5.76. The summed E-state index contributed by atoms with van der Waals surface area (Å²) in [6.45, 7) is 4.38. The average molecular weight is 229 g/mol. The first-order valence-corrected chi connectivity index (χ1v) is 5.90. The van der Waals surface area contributed by atoms with Crippen LogP contribution in [-0.2, 0) is 9.53 Å². The average Bonchev–Trinajstić information content (AvgIpc) is 2.24. The van der Waals surface area contributed by atoms with Crippen LogP contribution in [0.3, 0.4) is 0 Å². The maximum absolute atomic E-state index is 11.6. The fraction of sp³-hybridized carbons (Fsp3) is 0.909. The normalized spacial score (nSPS) is 22.0. The molecule has 5 nitrogen and oxygen atoms in total. The fourth-order valence-electron chi connectivity index (χ4n) is 1.87. The Labute approximate surface area is 97.5 Å². The Balaban J connectivity index is 2.08. The standard InChI is InChI=1S/C11H23N3O2/c1-14-6-5-12-10(9-14)8-11(15)13-4-3-7-16-2/h10,12H,3-9H2,1-2H3,(H,13,15). The topological polar surface area (TPSA) is 53.6 Å². The summed E-state index contributed by atoms with van der Waals surface area (Å²) in [5, 5.41) is 6.26. The molecule has 0 aliphatic carbocycles. The molecule has 1 heterocycles. The number of methoxy groups -OCH3 is 1. The van der Waals surface area contributed by atoms with Gasteiger partial charge in [0.15, 0.2) is 0 Å². The molecule has 1 amide bonds. The number of hydrogen-bond acceptors (Lipinski definition) is 4. The summed E-state index contributed by atoms with van der Waals surface area (Å²) in [5.74, 6) is 0.129. The summed E-state index contributed by atoms with van der Waals surface area (Å²) in [6, 6.07) is 0.293. The number of carbonyl (C=O) groups is 1. The first kappa shape index (κ1) is 13.4. The molecule has 94 valence electrons. The predicted molar refractivity (Wildman–Crippen MR) is 63.4 cm³/mol. The molecule has 0 spiro atoms. The maximum Gasteiger partial charge on any atom is 0.221 e. The number of nitrogens with zero attached hydrogens (tertiary/aromatic N) is 1. The van der Waals surface area contributed by atoms with Gasteiger partial charge < -0.3 is 20.3 Å². The van der Waals surface area contributed by atoms with Crippen molar-refractivity contribution in [2.24, 2.45) is 0 Å². The number of hydrogen-bond donors (Lipinski definition) is 2. The lowest BCUT2D eigenvalue weighted by Gasteiger charge is -2.30. The molecule has 0 radical (unpaired) electrons. The van der Waals surface area contributed by atoms with E-state index in [2.05, 4.69) is 22.6 Å². The van der Waals surface area contributed by atoms with Crippen molar-refractivity contribution in [3.63, 3.8) is 0 Å². The van der Waals surface area contributed by atoms with Gasteiger partial charge in [0.1, 0.15) is 0 Å². The summed E-state index contributed by atoms with van der Waals surface area (Å²) in [5.41, 5.74) is 0. The van der Waals surface area contributed by atoms with Gasteiger partial charge in [0.2, 0.25) is 5.91 Å². The van der Waals surface area contributed by atoms with E-state index in [1.165, 1.54) is 0 Å². The van der Waals surface area contributed by atoms with Crippen molar-refractivity contribution in [1.29, 1.82) is 0 Å². The Morgan fingerprint density at radius 2 is 2.44 bits per heavy atom. The zero-order chi connectivity index (χ0) is 11.8. The summed E-state index contributed by atoms with van der Waals surface area (Å²) >= 11 is 0. The number of nitrogens with one attached hydrogen (secondary N) is 2. The van der Waals surface area contributed by atoms with E-state index in [9.17, 15) is 4.79 Å². The highest BCUT2D eigenvalue weighted by Gasteiger charge is 2.18. The van der Waals surface area contributed by atoms with Crippen LogP contribution in [0.15, 0.2) is 0 Å². The van der Waals surface area contributed by atoms with Gasteiger partial charge in [0, 0.05) is 52.4 Å². The molecule has 1 rings (SSSR count). The summed E-state index contributed by atoms with van der Waals surface area (Å²) < 4.78 is 4.92. The van der Waals surface area contributed by atoms with E-state index in [0.29, 0.717) is 25.6 Å². The van der Waals surface area contributed by atoms with E-state index in [-0.39, 0.29) is 5.91 Å². The fourth-order valence-corrected chi connectivity index (χ4v) is 1.87. The molecular formula is C11H23N3O2. The minimum atomic E-state index is 0.129. The second-order valence-corrected chi connectivity index (χ2v) is 4.31. The Hall–Kier alpha value is -0.650. The predicted octanol–water partition coefficient (Wildman–Crippen LogP) is -0.567. The molecule has 0 aromatic rings. The highest BCUT2D eigenvalue weighted by atomic mass is 16.5. The lowest BCUT2D eigenvalue weighted by Crippen LogP contribution is -2.50. The summed E-state index contributed by atoms with van der Waals surface area (Å²) in [6.07, 6.45) is 1.44. The molecule has 1 aliphatic heterocycles. The Kier molecular flexibility index (Phi) is 6.37. The molecular weight excluding hydrogens is 206 g/mol. The van der Waals surface area contributed by atoms with Crippen molar-refractivity contribution in [1.82, 2.24) is 15.5 Å². The number of piperazine rings is 1. The molecule has 5 heteroatoms. The lowest BCUT2D eigenvalue weighted by atomic mass is 10.1. The number of likely N-dealkylation sites (N-methyl/N-ethyl adjacent to an activating group) is 1. The Morgan fingerprint density at radius 3 is 3.12 bits per heavy atom. The van der Waals surface area contributed by atoms with Crippen LogP contribution in [0, 0.1) is 0 Å². The van der Waals surface area contributed by atoms with E-state index in [1.54, 1.807) is 7.11 Å². The number of rotatable bonds is 6. The zero-order valence-corrected chi connectivity index (χ0v) is 10.3. The van der Waals surface area contributed by atoms with Crippen LogP contribution in [0.1, 0.15) is 12.8 Å². The Bertz CT molecular complexity index is 211. The summed E-state index contributed by atoms with van der Waals surface area (Å²) in [7, 11) is 3.76. The first-order valence-electron chi connectivity index (χ1n) is 5.90. The number of carbonyl (C=O) groups excluding carboxylic acids is 1. The van der Waals surface area contributed by atoms with Crippen LogP contribution in [-0.4, -0.2) is 63.8 Å². The van der Waals surface area contributed by atoms with Gasteiger partial charge in [0.25, 0.3) is 0 Å². The molecule has 0 aromatic carbocycles. The molecule has 1 atom stereocenters. The molecule has 1 saturated heterocycles. The van der Waals surface area contributed by atoms with Crippen molar-refractivity contribution in [3.8, 4) is 0 Å². The second kappa shape index (κ2) is 7.60. The van der Waals surface area contributed by atoms with Crippen molar-refractivity contribution in [2.45, 2.75) is 18.9 Å². The van der Waals surface area contributed by atoms with Gasteiger partial charge in [-0.3, -0.25) is 4.79 Å². The van der Waals surface area contributed by atoms with Crippen LogP contribution in [0.4, 0.5) is 0 Å². The monoisotopic (exact) mass is 229 g/mol. The van der Waals surface area contributed by atoms with Crippen molar-refractivity contribution < 1.29 is 9.53 Å². The molecule has 0 bridgehead atoms. The SMILES string of the molecule is COCCCNC(=O)CC1CN(C)CCN1. The van der Waals surface area contributed by atoms with Gasteiger partial charge in [-0.25, -0.2) is 0 Å². The Morgan fingerprint density at radius 1 is 1.62 bits per heavy atom. The number of amides is 1. The lowest BCUT2D eigenvalue weighted by molar-refractivity contribution is -0.121. The maximum atomic E-state index is 11.6. The third kappa shape index (κ3) is 5.44. The van der Waals surface area contributed by atoms with Crippen LogP contribution in [0.5, 0.6) is 0 Å². The van der Waals surface area contributed by atoms with E-state index < -0.39 is 0 Å². The number of ether oxygens (including phenoxy) is 1. The molecule has 1 fully saturated rings. The van der Waals surface area contributed by atoms with Gasteiger partial charge in [-0.1, -0.05) is 0 Å². The second-order valence-electron chi connectivity index (χ2n) is 4.31. The minimum absolute atomic E-state index is 0.129. The smallest absolute Gasteiger partial charge is 0.221 e. The van der Waals surface area contributed by atoms with Crippen LogP contribution < -0.4 is 10.6 Å². The van der Waals surface area contributed by atoms with Crippen molar-refractivity contribution >= 4 is 5.91 Å². The quantitative estimate of drug-likeness (QED) is 0.599. The van der Waals surface area contributed by atoms with Crippen molar-refractivity contribution in [3.05, 3.63) is 0 Å². The van der Waals surface area contributed by atoms with Gasteiger partial charge in [0.05, 0.1) is 0 Å². The largest absolute Gasteiger partial charge is 0.385 e. The molecule has 1 unspecified atom stereocenters. The molecule has 1 aliphatic rings. The molecule has 16 heavy (non-hydrogen) atoms. The zero-order valence-electron chi connectivity index (χ0n) is 10.3. The minimum Gasteiger partial charge on any atom is -0.385 e. The van der Waals surface area contributed by atoms with E-state index in [4.69, 9.17) is 4.74 Å².